The molecule has 2 amide bonds. The Kier molecular flexibility index (Phi) is 5.09. The molecule has 0 aromatic heterocycles. The van der Waals surface area contributed by atoms with Crippen LogP contribution in [-0.4, -0.2) is 29.4 Å². The Morgan fingerprint density at radius 3 is 2.41 bits per heavy atom. The zero-order valence-corrected chi connectivity index (χ0v) is 17.6. The third-order valence-corrected chi connectivity index (χ3v) is 7.05. The molecule has 5 rings (SSSR count). The number of benzene rings is 1. The summed E-state index contributed by atoms with van der Waals surface area (Å²) < 4.78 is 5.65. The van der Waals surface area contributed by atoms with E-state index in [1.54, 1.807) is 31.2 Å². The van der Waals surface area contributed by atoms with E-state index in [0.29, 0.717) is 29.0 Å². The van der Waals surface area contributed by atoms with Gasteiger partial charge in [-0.05, 0) is 69.4 Å². The lowest BCUT2D eigenvalue weighted by atomic mass is 9.47. The lowest BCUT2D eigenvalue weighted by Gasteiger charge is -2.60. The Morgan fingerprint density at radius 1 is 1.14 bits per heavy atom. The van der Waals surface area contributed by atoms with Gasteiger partial charge in [0.05, 0.1) is 16.1 Å². The van der Waals surface area contributed by atoms with E-state index in [-0.39, 0.29) is 17.4 Å². The molecule has 1 aromatic carbocycles. The molecule has 0 saturated heterocycles. The Morgan fingerprint density at radius 2 is 1.79 bits per heavy atom. The predicted octanol–water partition coefficient (Wildman–Crippen LogP) is 3.69. The summed E-state index contributed by atoms with van der Waals surface area (Å²) in [6.45, 7) is 3.11. The first-order valence-electron chi connectivity index (χ1n) is 10.3. The number of anilines is 1. The molecule has 4 bridgehead atoms. The van der Waals surface area contributed by atoms with Crippen LogP contribution in [0.1, 0.15) is 52.4 Å². The van der Waals surface area contributed by atoms with Crippen molar-refractivity contribution >= 4 is 35.1 Å². The van der Waals surface area contributed by atoms with Crippen molar-refractivity contribution in [1.82, 2.24) is 5.32 Å². The van der Waals surface area contributed by atoms with Crippen molar-refractivity contribution in [2.75, 3.05) is 5.32 Å². The Hall–Kier alpha value is -2.08. The van der Waals surface area contributed by atoms with E-state index in [1.807, 2.05) is 0 Å². The van der Waals surface area contributed by atoms with E-state index >= 15 is 0 Å². The molecule has 2 N–H and O–H groups in total. The fourth-order valence-electron chi connectivity index (χ4n) is 6.16. The number of esters is 1. The molecular formula is C22H27ClN2O4. The smallest absolute Gasteiger partial charge is 0.312 e. The van der Waals surface area contributed by atoms with Crippen molar-refractivity contribution in [1.29, 1.82) is 0 Å². The van der Waals surface area contributed by atoms with Crippen molar-refractivity contribution in [3.8, 4) is 0 Å². The molecule has 1 aromatic rings. The summed E-state index contributed by atoms with van der Waals surface area (Å²) in [6.07, 6.45) is 4.21. The van der Waals surface area contributed by atoms with Crippen molar-refractivity contribution in [3.05, 3.63) is 29.3 Å². The highest BCUT2D eigenvalue weighted by Crippen LogP contribution is 2.62. The first kappa shape index (κ1) is 20.2. The predicted molar refractivity (Wildman–Crippen MR) is 109 cm³/mol. The monoisotopic (exact) mass is 418 g/mol. The molecule has 0 spiro atoms. The maximum atomic E-state index is 13.2. The standard InChI is InChI=1S/C22H27ClN2O4/c1-13(19(27)24-18-6-4-3-5-17(18)23)29-20(28)21-8-15-7-16(9-21)11-22(10-15,12-21)25-14(2)26/h3-6,13,15-16H,7-12H2,1-2H3,(H,24,27)(H,25,26)/t13-,15-,16+,21?,22?/m0/s1. The highest BCUT2D eigenvalue weighted by Gasteiger charge is 2.61. The van der Waals surface area contributed by atoms with Gasteiger partial charge in [-0.2, -0.15) is 0 Å². The van der Waals surface area contributed by atoms with Crippen molar-refractivity contribution in [2.24, 2.45) is 17.3 Å². The van der Waals surface area contributed by atoms with Gasteiger partial charge in [-0.1, -0.05) is 23.7 Å². The minimum absolute atomic E-state index is 0.0528. The Bertz CT molecular complexity index is 841. The van der Waals surface area contributed by atoms with E-state index in [4.69, 9.17) is 16.3 Å². The molecule has 5 atom stereocenters. The summed E-state index contributed by atoms with van der Waals surface area (Å²) in [7, 11) is 0. The van der Waals surface area contributed by atoms with Gasteiger partial charge >= 0.3 is 5.97 Å². The molecule has 0 heterocycles. The normalized spacial score (nSPS) is 33.1. The topological polar surface area (TPSA) is 84.5 Å². The van der Waals surface area contributed by atoms with Crippen LogP contribution in [0.25, 0.3) is 0 Å². The van der Waals surface area contributed by atoms with E-state index in [2.05, 4.69) is 10.6 Å². The molecule has 4 aliphatic rings. The van der Waals surface area contributed by atoms with Gasteiger partial charge in [0, 0.05) is 12.5 Å². The van der Waals surface area contributed by atoms with Gasteiger partial charge in [0.2, 0.25) is 5.91 Å². The third-order valence-electron chi connectivity index (χ3n) is 6.72. The fourth-order valence-corrected chi connectivity index (χ4v) is 6.34. The van der Waals surface area contributed by atoms with Crippen molar-refractivity contribution in [2.45, 2.75) is 64.0 Å². The number of hydrogen-bond acceptors (Lipinski definition) is 4. The van der Waals surface area contributed by atoms with Crippen molar-refractivity contribution in [3.63, 3.8) is 0 Å². The molecule has 0 radical (unpaired) electrons. The number of rotatable bonds is 5. The van der Waals surface area contributed by atoms with E-state index < -0.39 is 17.4 Å². The molecule has 6 nitrogen and oxygen atoms in total. The zero-order chi connectivity index (χ0) is 20.8. The lowest BCUT2D eigenvalue weighted by molar-refractivity contribution is -0.181. The summed E-state index contributed by atoms with van der Waals surface area (Å²) in [4.78, 5) is 37.5. The lowest BCUT2D eigenvalue weighted by Crippen LogP contribution is -2.65. The number of carbonyl (C=O) groups is 3. The van der Waals surface area contributed by atoms with Crippen LogP contribution in [0, 0.1) is 17.3 Å². The van der Waals surface area contributed by atoms with Gasteiger partial charge in [0.15, 0.2) is 6.10 Å². The maximum absolute atomic E-state index is 13.2. The second-order valence-corrected chi connectivity index (χ2v) is 9.63. The van der Waals surface area contributed by atoms with E-state index in [1.165, 1.54) is 6.92 Å². The van der Waals surface area contributed by atoms with E-state index in [9.17, 15) is 14.4 Å². The average Bonchev–Trinajstić information content (AvgIpc) is 2.61. The van der Waals surface area contributed by atoms with Gasteiger partial charge < -0.3 is 15.4 Å². The van der Waals surface area contributed by atoms with Gasteiger partial charge in [0.25, 0.3) is 5.91 Å². The van der Waals surface area contributed by atoms with Gasteiger partial charge in [-0.15, -0.1) is 0 Å². The summed E-state index contributed by atoms with van der Waals surface area (Å²) in [5, 5.41) is 6.29. The first-order chi connectivity index (χ1) is 13.7. The van der Waals surface area contributed by atoms with Crippen LogP contribution in [0.15, 0.2) is 24.3 Å². The number of carbonyl (C=O) groups excluding carboxylic acids is 3. The van der Waals surface area contributed by atoms with Crippen LogP contribution in [0.4, 0.5) is 5.69 Å². The number of nitrogens with one attached hydrogen (secondary N) is 2. The number of amides is 2. The number of hydrogen-bond donors (Lipinski definition) is 2. The second-order valence-electron chi connectivity index (χ2n) is 9.22. The highest BCUT2D eigenvalue weighted by atomic mass is 35.5. The number of halogens is 1. The molecule has 4 saturated carbocycles. The third kappa shape index (κ3) is 3.87. The Balaban J connectivity index is 1.46. The van der Waals surface area contributed by atoms with E-state index in [0.717, 1.165) is 32.1 Å². The summed E-state index contributed by atoms with van der Waals surface area (Å²) >= 11 is 6.09. The van der Waals surface area contributed by atoms with Gasteiger partial charge in [-0.3, -0.25) is 14.4 Å². The summed E-state index contributed by atoms with van der Waals surface area (Å²) in [5.41, 5.74) is -0.426. The fraction of sp³-hybridized carbons (Fsp3) is 0.591. The molecule has 4 fully saturated rings. The van der Waals surface area contributed by atoms with Crippen LogP contribution in [0.3, 0.4) is 0 Å². The minimum atomic E-state index is -0.927. The van der Waals surface area contributed by atoms with Crippen LogP contribution >= 0.6 is 11.6 Å². The summed E-state index contributed by atoms with van der Waals surface area (Å²) in [5.74, 6) is 0.0599. The Labute approximate surface area is 175 Å². The van der Waals surface area contributed by atoms with Gasteiger partial charge in [-0.25, -0.2) is 0 Å². The first-order valence-corrected chi connectivity index (χ1v) is 10.6. The highest BCUT2D eigenvalue weighted by molar-refractivity contribution is 6.33. The molecule has 29 heavy (non-hydrogen) atoms. The molecule has 4 aliphatic carbocycles. The largest absolute Gasteiger partial charge is 0.452 e. The van der Waals surface area contributed by atoms with Crippen molar-refractivity contribution < 1.29 is 19.1 Å². The maximum Gasteiger partial charge on any atom is 0.312 e. The van der Waals surface area contributed by atoms with Crippen LogP contribution in [0.2, 0.25) is 5.02 Å². The number of para-hydroxylation sites is 1. The van der Waals surface area contributed by atoms with Crippen LogP contribution in [0.5, 0.6) is 0 Å². The zero-order valence-electron chi connectivity index (χ0n) is 16.8. The van der Waals surface area contributed by atoms with Crippen LogP contribution in [-0.2, 0) is 19.1 Å². The minimum Gasteiger partial charge on any atom is -0.452 e. The average molecular weight is 419 g/mol. The van der Waals surface area contributed by atoms with Gasteiger partial charge in [0.1, 0.15) is 0 Å². The van der Waals surface area contributed by atoms with Crippen LogP contribution < -0.4 is 10.6 Å². The molecule has 156 valence electrons. The number of ether oxygens (including phenoxy) is 1. The quantitative estimate of drug-likeness (QED) is 0.714. The molecule has 7 heteroatoms. The molecule has 2 unspecified atom stereocenters. The SMILES string of the molecule is CC(=O)NC12C[C@H]3C[C@@H](C1)CC(C(=O)O[C@@H](C)C(=O)Nc1ccccc1Cl)(C3)C2. The summed E-state index contributed by atoms with van der Waals surface area (Å²) in [6, 6.07) is 6.93. The molecular weight excluding hydrogens is 392 g/mol. The second kappa shape index (κ2) is 7.31. The molecule has 0 aliphatic heterocycles.